The lowest BCUT2D eigenvalue weighted by Crippen LogP contribution is -1.95. The number of rotatable bonds is 6. The van der Waals surface area contributed by atoms with Crippen LogP contribution in [0.4, 0.5) is 4.39 Å². The number of carbonyl (C=O) groups is 1. The van der Waals surface area contributed by atoms with Crippen molar-refractivity contribution in [1.29, 1.82) is 0 Å². The molecule has 0 atom stereocenters. The Morgan fingerprint density at radius 2 is 2.21 bits per heavy atom. The normalized spacial score (nSPS) is 10.6. The zero-order valence-electron chi connectivity index (χ0n) is 10.0. The van der Waals surface area contributed by atoms with Crippen LogP contribution in [-0.2, 0) is 11.2 Å². The van der Waals surface area contributed by atoms with Gasteiger partial charge >= 0.3 is 5.97 Å². The van der Waals surface area contributed by atoms with Crippen molar-refractivity contribution < 1.29 is 18.8 Å². The minimum absolute atomic E-state index is 0.126. The van der Waals surface area contributed by atoms with Gasteiger partial charge in [-0.25, -0.2) is 9.37 Å². The van der Waals surface area contributed by atoms with Crippen molar-refractivity contribution >= 4 is 5.97 Å². The maximum absolute atomic E-state index is 12.7. The van der Waals surface area contributed by atoms with Crippen LogP contribution in [-0.4, -0.2) is 26.2 Å². The Hall–Kier alpha value is -2.31. The van der Waals surface area contributed by atoms with Crippen LogP contribution in [0.3, 0.4) is 0 Å². The molecular formula is C12H12FN3O3. The smallest absolute Gasteiger partial charge is 0.303 e. The molecule has 1 N–H and O–H groups in total. The van der Waals surface area contributed by atoms with Gasteiger partial charge in [-0.05, 0) is 25.0 Å². The fourth-order valence-electron chi connectivity index (χ4n) is 1.52. The number of carboxylic acids is 1. The maximum Gasteiger partial charge on any atom is 0.303 e. The fourth-order valence-corrected chi connectivity index (χ4v) is 1.52. The number of aryl methyl sites for hydroxylation is 1. The second kappa shape index (κ2) is 6.03. The van der Waals surface area contributed by atoms with Crippen molar-refractivity contribution in [1.82, 2.24) is 15.1 Å². The number of hydrogen-bond donors (Lipinski definition) is 1. The van der Waals surface area contributed by atoms with E-state index in [1.165, 1.54) is 12.1 Å². The van der Waals surface area contributed by atoms with E-state index in [9.17, 15) is 9.18 Å². The van der Waals surface area contributed by atoms with Gasteiger partial charge in [0.25, 0.3) is 0 Å². The molecule has 7 heteroatoms. The minimum atomic E-state index is -0.818. The zero-order valence-corrected chi connectivity index (χ0v) is 10.0. The number of aromatic nitrogens is 3. The van der Waals surface area contributed by atoms with Gasteiger partial charge in [-0.2, -0.15) is 4.98 Å². The van der Waals surface area contributed by atoms with E-state index in [0.717, 1.165) is 6.20 Å². The summed E-state index contributed by atoms with van der Waals surface area (Å²) in [4.78, 5) is 18.3. The van der Waals surface area contributed by atoms with E-state index in [1.807, 2.05) is 0 Å². The summed E-state index contributed by atoms with van der Waals surface area (Å²) in [6.45, 7) is 0. The summed E-state index contributed by atoms with van der Waals surface area (Å²) in [5, 5.41) is 12.2. The van der Waals surface area contributed by atoms with Crippen molar-refractivity contribution in [3.05, 3.63) is 30.0 Å². The number of hydrogen-bond acceptors (Lipinski definition) is 5. The van der Waals surface area contributed by atoms with E-state index in [0.29, 0.717) is 36.7 Å². The molecule has 0 spiro atoms. The van der Waals surface area contributed by atoms with Crippen molar-refractivity contribution in [2.45, 2.75) is 25.7 Å². The third-order valence-electron chi connectivity index (χ3n) is 2.46. The summed E-state index contributed by atoms with van der Waals surface area (Å²) in [5.74, 6) is -0.525. The highest BCUT2D eigenvalue weighted by Crippen LogP contribution is 2.14. The Morgan fingerprint density at radius 3 is 2.89 bits per heavy atom. The van der Waals surface area contributed by atoms with Crippen LogP contribution in [0.5, 0.6) is 0 Å². The number of carboxylic acid groups (broad SMARTS) is 1. The lowest BCUT2D eigenvalue weighted by molar-refractivity contribution is -0.137. The van der Waals surface area contributed by atoms with E-state index in [2.05, 4.69) is 15.1 Å². The summed E-state index contributed by atoms with van der Waals surface area (Å²) in [6, 6.07) is 2.74. The first-order valence-electron chi connectivity index (χ1n) is 5.81. The highest BCUT2D eigenvalue weighted by molar-refractivity contribution is 5.66. The Kier molecular flexibility index (Phi) is 4.17. The van der Waals surface area contributed by atoms with E-state index in [1.54, 1.807) is 0 Å². The Bertz CT molecular complexity index is 554. The van der Waals surface area contributed by atoms with Crippen LogP contribution in [0.2, 0.25) is 0 Å². The number of unbranched alkanes of at least 4 members (excludes halogenated alkanes) is 1. The molecule has 0 aliphatic carbocycles. The first kappa shape index (κ1) is 13.1. The van der Waals surface area contributed by atoms with Crippen LogP contribution in [0.15, 0.2) is 22.9 Å². The molecule has 0 radical (unpaired) electrons. The van der Waals surface area contributed by atoms with Gasteiger partial charge in [0.05, 0.1) is 6.20 Å². The molecule has 100 valence electrons. The van der Waals surface area contributed by atoms with E-state index < -0.39 is 11.8 Å². The Morgan fingerprint density at radius 1 is 1.37 bits per heavy atom. The molecule has 19 heavy (non-hydrogen) atoms. The molecule has 0 amide bonds. The fraction of sp³-hybridized carbons (Fsp3) is 0.333. The number of halogens is 1. The molecule has 2 aromatic rings. The molecule has 0 unspecified atom stereocenters. The number of nitrogens with zero attached hydrogens (tertiary/aromatic N) is 3. The van der Waals surface area contributed by atoms with Crippen LogP contribution < -0.4 is 0 Å². The van der Waals surface area contributed by atoms with E-state index in [-0.39, 0.29) is 6.42 Å². The molecule has 0 saturated heterocycles. The van der Waals surface area contributed by atoms with E-state index >= 15 is 0 Å². The highest BCUT2D eigenvalue weighted by Gasteiger charge is 2.09. The third-order valence-corrected chi connectivity index (χ3v) is 2.46. The number of aliphatic carboxylic acids is 1. The Balaban J connectivity index is 1.91. The maximum atomic E-state index is 12.7. The summed E-state index contributed by atoms with van der Waals surface area (Å²) in [7, 11) is 0. The quantitative estimate of drug-likeness (QED) is 0.804. The molecule has 0 fully saturated rings. The van der Waals surface area contributed by atoms with Gasteiger partial charge in [0.1, 0.15) is 11.5 Å². The summed E-state index contributed by atoms with van der Waals surface area (Å²) < 4.78 is 17.7. The summed E-state index contributed by atoms with van der Waals surface area (Å²) in [5.41, 5.74) is 0.432. The predicted octanol–water partition coefficient (Wildman–Crippen LogP) is 2.07. The molecule has 2 heterocycles. The Labute approximate surface area is 108 Å². The molecule has 2 aromatic heterocycles. The second-order valence-corrected chi connectivity index (χ2v) is 3.97. The minimum Gasteiger partial charge on any atom is -0.481 e. The molecule has 0 bridgehead atoms. The van der Waals surface area contributed by atoms with Crippen LogP contribution >= 0.6 is 0 Å². The molecule has 0 aliphatic heterocycles. The van der Waals surface area contributed by atoms with Crippen LogP contribution in [0.1, 0.15) is 25.2 Å². The average Bonchev–Trinajstić information content (AvgIpc) is 2.84. The van der Waals surface area contributed by atoms with Gasteiger partial charge in [0.2, 0.25) is 11.7 Å². The number of pyridine rings is 1. The van der Waals surface area contributed by atoms with Crippen LogP contribution in [0, 0.1) is 5.82 Å². The second-order valence-electron chi connectivity index (χ2n) is 3.97. The van der Waals surface area contributed by atoms with Crippen molar-refractivity contribution in [3.63, 3.8) is 0 Å². The topological polar surface area (TPSA) is 89.1 Å². The van der Waals surface area contributed by atoms with Crippen molar-refractivity contribution in [3.8, 4) is 11.5 Å². The molecule has 0 saturated carbocycles. The first-order chi connectivity index (χ1) is 9.15. The molecule has 0 aliphatic rings. The lowest BCUT2D eigenvalue weighted by atomic mass is 10.2. The third kappa shape index (κ3) is 3.84. The molecule has 2 rings (SSSR count). The first-order valence-corrected chi connectivity index (χ1v) is 5.81. The van der Waals surface area contributed by atoms with Gasteiger partial charge in [-0.3, -0.25) is 4.79 Å². The lowest BCUT2D eigenvalue weighted by Gasteiger charge is -1.93. The van der Waals surface area contributed by atoms with Crippen LogP contribution in [0.25, 0.3) is 11.5 Å². The highest BCUT2D eigenvalue weighted by atomic mass is 19.1. The van der Waals surface area contributed by atoms with E-state index in [4.69, 9.17) is 9.63 Å². The average molecular weight is 265 g/mol. The van der Waals surface area contributed by atoms with Gasteiger partial charge in [0, 0.05) is 12.8 Å². The van der Waals surface area contributed by atoms with Gasteiger partial charge in [-0.1, -0.05) is 5.16 Å². The molecule has 6 nitrogen and oxygen atoms in total. The summed E-state index contributed by atoms with van der Waals surface area (Å²) >= 11 is 0. The SMILES string of the molecule is O=C(O)CCCCc1nc(-c2ccc(F)cn2)no1. The molecule has 0 aromatic carbocycles. The van der Waals surface area contributed by atoms with Gasteiger partial charge in [-0.15, -0.1) is 0 Å². The van der Waals surface area contributed by atoms with Crippen molar-refractivity contribution in [2.75, 3.05) is 0 Å². The largest absolute Gasteiger partial charge is 0.481 e. The standard InChI is InChI=1S/C12H12FN3O3/c13-8-5-6-9(14-7-8)12-15-10(19-16-12)3-1-2-4-11(17)18/h5-7H,1-4H2,(H,17,18). The van der Waals surface area contributed by atoms with Crippen molar-refractivity contribution in [2.24, 2.45) is 0 Å². The predicted molar refractivity (Wildman–Crippen MR) is 62.7 cm³/mol. The summed E-state index contributed by atoms with van der Waals surface area (Å²) in [6.07, 6.45) is 2.94. The van der Waals surface area contributed by atoms with Gasteiger partial charge < -0.3 is 9.63 Å². The molecular weight excluding hydrogens is 253 g/mol. The van der Waals surface area contributed by atoms with Gasteiger partial charge in [0.15, 0.2) is 0 Å². The zero-order chi connectivity index (χ0) is 13.7. The monoisotopic (exact) mass is 265 g/mol.